The van der Waals surface area contributed by atoms with E-state index < -0.39 is 19.2 Å². The second-order valence-corrected chi connectivity index (χ2v) is 6.28. The largest absolute Gasteiger partial charge is 0.404 e. The summed E-state index contributed by atoms with van der Waals surface area (Å²) in [6.07, 6.45) is -4.76. The van der Waals surface area contributed by atoms with Crippen LogP contribution in [0.3, 0.4) is 0 Å². The van der Waals surface area contributed by atoms with Crippen LogP contribution in [0.4, 0.5) is 13.2 Å². The molecule has 0 aliphatic heterocycles. The highest BCUT2D eigenvalue weighted by molar-refractivity contribution is 7.57. The van der Waals surface area contributed by atoms with Crippen molar-refractivity contribution in [1.82, 2.24) is 0 Å². The molecule has 0 fully saturated rings. The first-order valence-electron chi connectivity index (χ1n) is 4.24. The van der Waals surface area contributed by atoms with Crippen molar-refractivity contribution in [2.24, 2.45) is 0 Å². The quantitative estimate of drug-likeness (QED) is 0.831. The lowest BCUT2D eigenvalue weighted by Gasteiger charge is -2.23. The summed E-state index contributed by atoms with van der Waals surface area (Å²) in [5.41, 5.74) is -2.62. The van der Waals surface area contributed by atoms with Crippen molar-refractivity contribution >= 4 is 19.0 Å². The van der Waals surface area contributed by atoms with Crippen LogP contribution < -0.4 is 0 Å². The first kappa shape index (κ1) is 13.6. The van der Waals surface area contributed by atoms with Crippen LogP contribution in [0.15, 0.2) is 24.3 Å². The van der Waals surface area contributed by atoms with Gasteiger partial charge in [-0.15, -0.1) is 0 Å². The maximum absolute atomic E-state index is 12.6. The summed E-state index contributed by atoms with van der Waals surface area (Å²) in [6, 6.07) is 4.72. The van der Waals surface area contributed by atoms with Crippen molar-refractivity contribution in [3.05, 3.63) is 34.9 Å². The molecule has 2 nitrogen and oxygen atoms in total. The lowest BCUT2D eigenvalue weighted by Crippen LogP contribution is -2.20. The van der Waals surface area contributed by atoms with Gasteiger partial charge in [0.05, 0.1) is 0 Å². The van der Waals surface area contributed by atoms with E-state index in [1.165, 1.54) is 12.1 Å². The molecule has 0 radical (unpaired) electrons. The van der Waals surface area contributed by atoms with Gasteiger partial charge in [-0.05, 0) is 17.7 Å². The van der Waals surface area contributed by atoms with Crippen LogP contribution in [0.25, 0.3) is 0 Å². The van der Waals surface area contributed by atoms with Crippen molar-refractivity contribution in [2.75, 3.05) is 6.66 Å². The maximum atomic E-state index is 12.6. The minimum atomic E-state index is -4.76. The first-order chi connectivity index (χ1) is 7.12. The van der Waals surface area contributed by atoms with Crippen molar-refractivity contribution in [1.29, 1.82) is 0 Å². The molecule has 1 rings (SSSR count). The smallest absolute Gasteiger partial charge is 0.344 e. The molecule has 0 amide bonds. The van der Waals surface area contributed by atoms with Crippen molar-refractivity contribution in [3.63, 3.8) is 0 Å². The predicted octanol–water partition coefficient (Wildman–Crippen LogP) is 3.84. The van der Waals surface area contributed by atoms with Gasteiger partial charge in [-0.25, -0.2) is 0 Å². The van der Waals surface area contributed by atoms with Crippen LogP contribution in [0, 0.1) is 0 Å². The fourth-order valence-corrected chi connectivity index (χ4v) is 2.78. The molecule has 1 N–H and O–H groups in total. The Labute approximate surface area is 95.5 Å². The summed E-state index contributed by atoms with van der Waals surface area (Å²) < 4.78 is 49.2. The van der Waals surface area contributed by atoms with Crippen molar-refractivity contribution in [2.45, 2.75) is 11.8 Å². The van der Waals surface area contributed by atoms with E-state index in [0.29, 0.717) is 6.66 Å². The van der Waals surface area contributed by atoms with Crippen LogP contribution >= 0.6 is 19.0 Å². The molecule has 1 unspecified atom stereocenters. The molecule has 1 aromatic carbocycles. The Kier molecular flexibility index (Phi) is 3.72. The minimum absolute atomic E-state index is 0.259. The van der Waals surface area contributed by atoms with Gasteiger partial charge < -0.3 is 4.89 Å². The lowest BCUT2D eigenvalue weighted by atomic mass is 10.1. The van der Waals surface area contributed by atoms with Crippen LogP contribution in [-0.2, 0) is 4.57 Å². The average Bonchev–Trinajstić information content (AvgIpc) is 2.03. The SMILES string of the molecule is CP(=O)(O)[C@H](c1ccc(Cl)cc1)C(F)(F)F. The average molecular weight is 273 g/mol. The Morgan fingerprint density at radius 1 is 1.31 bits per heavy atom. The molecule has 0 aliphatic carbocycles. The molecule has 1 aromatic rings. The maximum Gasteiger partial charge on any atom is 0.404 e. The molecule has 0 bridgehead atoms. The van der Waals surface area contributed by atoms with Gasteiger partial charge in [0.2, 0.25) is 7.37 Å². The van der Waals surface area contributed by atoms with Gasteiger partial charge in [-0.1, -0.05) is 23.7 Å². The topological polar surface area (TPSA) is 37.3 Å². The Hall–Kier alpha value is -0.510. The fourth-order valence-electron chi connectivity index (χ4n) is 1.38. The molecule has 7 heteroatoms. The molecule has 0 aromatic heterocycles. The van der Waals surface area contributed by atoms with E-state index in [1.807, 2.05) is 0 Å². The molecule has 0 saturated heterocycles. The molecule has 0 heterocycles. The van der Waals surface area contributed by atoms with E-state index in [-0.39, 0.29) is 10.6 Å². The number of rotatable bonds is 2. The van der Waals surface area contributed by atoms with Gasteiger partial charge in [0.25, 0.3) is 0 Å². The zero-order chi connectivity index (χ0) is 12.6. The fraction of sp³-hybridized carbons (Fsp3) is 0.333. The third kappa shape index (κ3) is 3.24. The highest BCUT2D eigenvalue weighted by Gasteiger charge is 2.49. The van der Waals surface area contributed by atoms with Gasteiger partial charge in [0.1, 0.15) is 0 Å². The summed E-state index contributed by atoms with van der Waals surface area (Å²) in [6.45, 7) is 0.694. The highest BCUT2D eigenvalue weighted by Crippen LogP contribution is 2.59. The zero-order valence-electron chi connectivity index (χ0n) is 8.20. The Balaban J connectivity index is 3.23. The molecule has 90 valence electrons. The van der Waals surface area contributed by atoms with E-state index in [0.717, 1.165) is 12.1 Å². The van der Waals surface area contributed by atoms with E-state index in [2.05, 4.69) is 0 Å². The van der Waals surface area contributed by atoms with Gasteiger partial charge >= 0.3 is 6.18 Å². The Morgan fingerprint density at radius 3 is 2.06 bits per heavy atom. The number of hydrogen-bond acceptors (Lipinski definition) is 1. The van der Waals surface area contributed by atoms with E-state index in [4.69, 9.17) is 16.5 Å². The Bertz CT molecular complexity index is 410. The number of benzene rings is 1. The monoisotopic (exact) mass is 272 g/mol. The summed E-state index contributed by atoms with van der Waals surface area (Å²) in [5.74, 6) is 0. The van der Waals surface area contributed by atoms with E-state index in [9.17, 15) is 17.7 Å². The summed E-state index contributed by atoms with van der Waals surface area (Å²) >= 11 is 5.53. The highest BCUT2D eigenvalue weighted by atomic mass is 35.5. The first-order valence-corrected chi connectivity index (χ1v) is 6.80. The second kappa shape index (κ2) is 4.40. The number of hydrogen-bond donors (Lipinski definition) is 1. The molecular formula is C9H9ClF3O2P. The predicted molar refractivity (Wildman–Crippen MR) is 56.0 cm³/mol. The van der Waals surface area contributed by atoms with Crippen molar-refractivity contribution in [3.8, 4) is 0 Å². The number of halogens is 4. The minimum Gasteiger partial charge on any atom is -0.344 e. The molecule has 2 atom stereocenters. The third-order valence-corrected chi connectivity index (χ3v) is 3.78. The van der Waals surface area contributed by atoms with Crippen LogP contribution in [0.2, 0.25) is 5.02 Å². The normalized spacial score (nSPS) is 17.9. The van der Waals surface area contributed by atoms with Gasteiger partial charge in [0.15, 0.2) is 5.66 Å². The van der Waals surface area contributed by atoms with Gasteiger partial charge in [-0.3, -0.25) is 4.57 Å². The Morgan fingerprint density at radius 2 is 1.75 bits per heavy atom. The summed E-state index contributed by atoms with van der Waals surface area (Å²) in [5, 5.41) is 0.272. The molecule has 0 saturated carbocycles. The zero-order valence-corrected chi connectivity index (χ0v) is 9.85. The molecular weight excluding hydrogens is 264 g/mol. The summed E-state index contributed by atoms with van der Waals surface area (Å²) in [4.78, 5) is 9.14. The third-order valence-electron chi connectivity index (χ3n) is 1.97. The van der Waals surface area contributed by atoms with Gasteiger partial charge in [-0.2, -0.15) is 13.2 Å². The second-order valence-electron chi connectivity index (χ2n) is 3.44. The number of alkyl halides is 3. The standard InChI is InChI=1S/C9H9ClF3O2P/c1-16(14,15)8(9(11,12)13)6-2-4-7(10)5-3-6/h2-5,8H,1H3,(H,14,15)/t8-/m1/s1. The van der Waals surface area contributed by atoms with E-state index >= 15 is 0 Å². The lowest BCUT2D eigenvalue weighted by molar-refractivity contribution is -0.133. The molecule has 16 heavy (non-hydrogen) atoms. The van der Waals surface area contributed by atoms with Crippen LogP contribution in [0.1, 0.15) is 11.2 Å². The van der Waals surface area contributed by atoms with Crippen molar-refractivity contribution < 1.29 is 22.6 Å². The molecule has 0 aliphatic rings. The van der Waals surface area contributed by atoms with Crippen LogP contribution in [0.5, 0.6) is 0 Å². The molecule has 0 spiro atoms. The van der Waals surface area contributed by atoms with Crippen LogP contribution in [-0.4, -0.2) is 17.7 Å². The summed E-state index contributed by atoms with van der Waals surface area (Å²) in [7, 11) is -4.30. The van der Waals surface area contributed by atoms with E-state index in [1.54, 1.807) is 0 Å². The van der Waals surface area contributed by atoms with Gasteiger partial charge in [0, 0.05) is 11.7 Å².